The Morgan fingerprint density at radius 1 is 0.929 bits per heavy atom. The first-order valence-corrected chi connectivity index (χ1v) is 9.63. The molecule has 0 unspecified atom stereocenters. The smallest absolute Gasteiger partial charge is 0.193 e. The molecule has 0 spiro atoms. The van der Waals surface area contributed by atoms with Gasteiger partial charge >= 0.3 is 0 Å². The van der Waals surface area contributed by atoms with Crippen LogP contribution < -0.4 is 9.47 Å². The largest absolute Gasteiger partial charge is 0.487 e. The minimum absolute atomic E-state index is 0.434. The van der Waals surface area contributed by atoms with Crippen molar-refractivity contribution in [2.45, 2.75) is 6.61 Å². The van der Waals surface area contributed by atoms with Crippen LogP contribution >= 0.6 is 11.3 Å². The number of thiazole rings is 1. The first kappa shape index (κ1) is 16.6. The number of aromatic nitrogens is 4. The summed E-state index contributed by atoms with van der Waals surface area (Å²) in [5, 5.41) is 8.93. The number of ether oxygens (including phenoxy) is 2. The second-order valence-electron chi connectivity index (χ2n) is 6.18. The van der Waals surface area contributed by atoms with Gasteiger partial charge in [0, 0.05) is 24.0 Å². The third kappa shape index (κ3) is 3.47. The SMILES string of the molecule is c1cc(-c2ccc(Oc3ccc(OCc4cn5ccsc5n4)cc3)cc2)[nH]n1. The van der Waals surface area contributed by atoms with Crippen molar-refractivity contribution in [3.8, 4) is 28.5 Å². The Bertz CT molecular complexity index is 1150. The summed E-state index contributed by atoms with van der Waals surface area (Å²) in [5.41, 5.74) is 2.95. The molecule has 3 aromatic heterocycles. The Morgan fingerprint density at radius 2 is 1.68 bits per heavy atom. The van der Waals surface area contributed by atoms with Crippen molar-refractivity contribution < 1.29 is 9.47 Å². The summed E-state index contributed by atoms with van der Waals surface area (Å²) in [6.07, 6.45) is 5.71. The van der Waals surface area contributed by atoms with Crippen LogP contribution in [-0.4, -0.2) is 19.6 Å². The van der Waals surface area contributed by atoms with E-state index in [-0.39, 0.29) is 0 Å². The zero-order valence-electron chi connectivity index (χ0n) is 14.8. The average molecular weight is 388 g/mol. The van der Waals surface area contributed by atoms with Crippen LogP contribution in [0.2, 0.25) is 0 Å². The number of benzene rings is 2. The molecule has 5 rings (SSSR count). The van der Waals surface area contributed by atoms with Gasteiger partial charge in [-0.15, -0.1) is 11.3 Å². The van der Waals surface area contributed by atoms with E-state index in [0.29, 0.717) is 6.61 Å². The monoisotopic (exact) mass is 388 g/mol. The van der Waals surface area contributed by atoms with Crippen LogP contribution in [0.3, 0.4) is 0 Å². The quantitative estimate of drug-likeness (QED) is 0.436. The maximum absolute atomic E-state index is 5.90. The topological polar surface area (TPSA) is 64.4 Å². The van der Waals surface area contributed by atoms with Crippen LogP contribution in [0.25, 0.3) is 16.2 Å². The van der Waals surface area contributed by atoms with Gasteiger partial charge in [-0.2, -0.15) is 5.10 Å². The van der Waals surface area contributed by atoms with Crippen molar-refractivity contribution in [3.05, 3.63) is 84.3 Å². The minimum Gasteiger partial charge on any atom is -0.487 e. The van der Waals surface area contributed by atoms with Crippen LogP contribution in [0.1, 0.15) is 5.69 Å². The van der Waals surface area contributed by atoms with E-state index >= 15 is 0 Å². The molecule has 0 fully saturated rings. The highest BCUT2D eigenvalue weighted by Gasteiger charge is 2.05. The summed E-state index contributed by atoms with van der Waals surface area (Å²) in [4.78, 5) is 5.49. The molecule has 0 aliphatic carbocycles. The fourth-order valence-electron chi connectivity index (χ4n) is 2.86. The van der Waals surface area contributed by atoms with Gasteiger partial charge < -0.3 is 9.47 Å². The average Bonchev–Trinajstić information content (AvgIpc) is 3.46. The van der Waals surface area contributed by atoms with Gasteiger partial charge in [-0.3, -0.25) is 9.50 Å². The van der Waals surface area contributed by atoms with Crippen molar-refractivity contribution in [2.75, 3.05) is 0 Å². The summed E-state index contributed by atoms with van der Waals surface area (Å²) in [6, 6.07) is 17.4. The molecule has 5 aromatic rings. The highest BCUT2D eigenvalue weighted by molar-refractivity contribution is 7.15. The third-order valence-corrected chi connectivity index (χ3v) is 5.03. The zero-order valence-corrected chi connectivity index (χ0v) is 15.6. The van der Waals surface area contributed by atoms with E-state index in [0.717, 1.165) is 39.2 Å². The number of aromatic amines is 1. The standard InChI is InChI=1S/C21H16N4O2S/c1-3-18(4-2-15(1)20-9-10-22-24-20)27-19-7-5-17(6-8-19)26-14-16-13-25-11-12-28-21(25)23-16/h1-13H,14H2,(H,22,24). The molecule has 6 nitrogen and oxygen atoms in total. The summed E-state index contributed by atoms with van der Waals surface area (Å²) in [7, 11) is 0. The number of nitrogens with one attached hydrogen (secondary N) is 1. The second kappa shape index (κ2) is 7.21. The summed E-state index contributed by atoms with van der Waals surface area (Å²) < 4.78 is 13.7. The molecule has 28 heavy (non-hydrogen) atoms. The Labute approximate surface area is 165 Å². The molecule has 0 saturated heterocycles. The molecule has 0 atom stereocenters. The van der Waals surface area contributed by atoms with Gasteiger partial charge in [-0.05, 0) is 60.2 Å². The second-order valence-corrected chi connectivity index (χ2v) is 7.05. The number of nitrogens with zero attached hydrogens (tertiary/aromatic N) is 3. The van der Waals surface area contributed by atoms with Crippen molar-refractivity contribution in [1.29, 1.82) is 0 Å². The minimum atomic E-state index is 0.434. The lowest BCUT2D eigenvalue weighted by atomic mass is 10.1. The highest BCUT2D eigenvalue weighted by atomic mass is 32.1. The van der Waals surface area contributed by atoms with E-state index < -0.39 is 0 Å². The number of imidazole rings is 1. The number of fused-ring (bicyclic) bond motifs is 1. The van der Waals surface area contributed by atoms with Gasteiger partial charge in [0.25, 0.3) is 0 Å². The van der Waals surface area contributed by atoms with Gasteiger partial charge in [0.2, 0.25) is 0 Å². The van der Waals surface area contributed by atoms with E-state index in [1.165, 1.54) is 0 Å². The van der Waals surface area contributed by atoms with Crippen LogP contribution in [0.4, 0.5) is 0 Å². The van der Waals surface area contributed by atoms with E-state index in [2.05, 4.69) is 15.2 Å². The van der Waals surface area contributed by atoms with E-state index in [1.807, 2.05) is 76.8 Å². The molecular weight excluding hydrogens is 372 g/mol. The lowest BCUT2D eigenvalue weighted by Crippen LogP contribution is -1.95. The van der Waals surface area contributed by atoms with Crippen LogP contribution in [-0.2, 0) is 6.61 Å². The molecule has 0 saturated carbocycles. The molecule has 138 valence electrons. The van der Waals surface area contributed by atoms with E-state index in [9.17, 15) is 0 Å². The van der Waals surface area contributed by atoms with E-state index in [1.54, 1.807) is 17.5 Å². The van der Waals surface area contributed by atoms with Gasteiger partial charge in [-0.1, -0.05) is 0 Å². The highest BCUT2D eigenvalue weighted by Crippen LogP contribution is 2.26. The van der Waals surface area contributed by atoms with Crippen LogP contribution in [0.15, 0.2) is 78.6 Å². The maximum Gasteiger partial charge on any atom is 0.193 e. The predicted octanol–water partition coefficient (Wildman–Crippen LogP) is 5.16. The van der Waals surface area contributed by atoms with Gasteiger partial charge in [0.1, 0.15) is 23.9 Å². The van der Waals surface area contributed by atoms with Crippen LogP contribution in [0, 0.1) is 0 Å². The van der Waals surface area contributed by atoms with Gasteiger partial charge in [0.05, 0.1) is 11.4 Å². The first-order valence-electron chi connectivity index (χ1n) is 8.75. The van der Waals surface area contributed by atoms with Crippen molar-refractivity contribution in [2.24, 2.45) is 0 Å². The van der Waals surface area contributed by atoms with Crippen LogP contribution in [0.5, 0.6) is 17.2 Å². The Morgan fingerprint density at radius 3 is 2.39 bits per heavy atom. The number of rotatable bonds is 6. The van der Waals surface area contributed by atoms with Gasteiger partial charge in [0.15, 0.2) is 4.96 Å². The Kier molecular flexibility index (Phi) is 4.27. The third-order valence-electron chi connectivity index (χ3n) is 4.26. The molecule has 3 heterocycles. The maximum atomic E-state index is 5.90. The molecule has 1 N–H and O–H groups in total. The summed E-state index contributed by atoms with van der Waals surface area (Å²) >= 11 is 1.61. The summed E-state index contributed by atoms with van der Waals surface area (Å²) in [5.74, 6) is 2.30. The number of hydrogen-bond donors (Lipinski definition) is 1. The number of H-pyrrole nitrogens is 1. The normalized spacial score (nSPS) is 11.0. The molecule has 0 aliphatic rings. The fourth-order valence-corrected chi connectivity index (χ4v) is 3.58. The van der Waals surface area contributed by atoms with Gasteiger partial charge in [-0.25, -0.2) is 4.98 Å². The van der Waals surface area contributed by atoms with Crippen molar-refractivity contribution in [3.63, 3.8) is 0 Å². The lowest BCUT2D eigenvalue weighted by Gasteiger charge is -2.08. The molecule has 0 aliphatic heterocycles. The molecule has 2 aromatic carbocycles. The fraction of sp³-hybridized carbons (Fsp3) is 0.0476. The molecule has 0 amide bonds. The first-order chi connectivity index (χ1) is 13.8. The zero-order chi connectivity index (χ0) is 18.8. The molecule has 0 bridgehead atoms. The lowest BCUT2D eigenvalue weighted by molar-refractivity contribution is 0.301. The van der Waals surface area contributed by atoms with Crippen molar-refractivity contribution >= 4 is 16.3 Å². The summed E-state index contributed by atoms with van der Waals surface area (Å²) in [6.45, 7) is 0.434. The predicted molar refractivity (Wildman–Crippen MR) is 108 cm³/mol. The Hall–Kier alpha value is -3.58. The number of hydrogen-bond acceptors (Lipinski definition) is 5. The molecule has 7 heteroatoms. The van der Waals surface area contributed by atoms with Crippen molar-refractivity contribution in [1.82, 2.24) is 19.6 Å². The molecular formula is C21H16N4O2S. The van der Waals surface area contributed by atoms with E-state index in [4.69, 9.17) is 9.47 Å². The molecule has 0 radical (unpaired) electrons. The Balaban J connectivity index is 1.20.